The lowest BCUT2D eigenvalue weighted by atomic mass is 10.1. The number of fused-ring (bicyclic) bond motifs is 3. The third-order valence-electron chi connectivity index (χ3n) is 3.23. The highest BCUT2D eigenvalue weighted by atomic mass is 16.3. The zero-order valence-corrected chi connectivity index (χ0v) is 10.4. The molecular formula is C15H16N2O. The van der Waals surface area contributed by atoms with Crippen LogP contribution in [0, 0.1) is 0 Å². The summed E-state index contributed by atoms with van der Waals surface area (Å²) in [4.78, 5) is 4.42. The standard InChI is InChI=1S/C15H16N2O/c1-2-3-6-10-9-12-14(18-10)11-7-4-5-8-13(11)17-15(12)16/h4-5,7-9H,2-3,6H2,1H3,(H2,16,17). The SMILES string of the molecule is CCCCc1cc2c(N)nc3ccccc3c2o1. The largest absolute Gasteiger partial charge is 0.460 e. The van der Waals surface area contributed by atoms with E-state index in [9.17, 15) is 0 Å². The number of pyridine rings is 1. The third-order valence-corrected chi connectivity index (χ3v) is 3.23. The van der Waals surface area contributed by atoms with Crippen molar-refractivity contribution in [1.82, 2.24) is 4.98 Å². The van der Waals surface area contributed by atoms with Crippen LogP contribution in [-0.2, 0) is 6.42 Å². The Hall–Kier alpha value is -2.03. The highest BCUT2D eigenvalue weighted by Gasteiger charge is 2.11. The van der Waals surface area contributed by atoms with E-state index >= 15 is 0 Å². The van der Waals surface area contributed by atoms with Gasteiger partial charge >= 0.3 is 0 Å². The molecule has 0 spiro atoms. The Morgan fingerprint density at radius 2 is 2.06 bits per heavy atom. The van der Waals surface area contributed by atoms with Crippen molar-refractivity contribution in [2.45, 2.75) is 26.2 Å². The lowest BCUT2D eigenvalue weighted by molar-refractivity contribution is 0.539. The molecule has 0 radical (unpaired) electrons. The van der Waals surface area contributed by atoms with Crippen molar-refractivity contribution in [3.63, 3.8) is 0 Å². The summed E-state index contributed by atoms with van der Waals surface area (Å²) < 4.78 is 5.94. The fourth-order valence-corrected chi connectivity index (χ4v) is 2.26. The molecule has 2 N–H and O–H groups in total. The second kappa shape index (κ2) is 4.33. The number of furan rings is 1. The number of benzene rings is 1. The molecule has 2 aromatic heterocycles. The van der Waals surface area contributed by atoms with Crippen LogP contribution in [0.4, 0.5) is 5.82 Å². The fraction of sp³-hybridized carbons (Fsp3) is 0.267. The summed E-state index contributed by atoms with van der Waals surface area (Å²) in [6.45, 7) is 2.17. The van der Waals surface area contributed by atoms with E-state index in [2.05, 4.69) is 11.9 Å². The molecule has 0 amide bonds. The summed E-state index contributed by atoms with van der Waals surface area (Å²) in [6, 6.07) is 9.96. The molecule has 3 aromatic rings. The summed E-state index contributed by atoms with van der Waals surface area (Å²) in [6.07, 6.45) is 3.25. The van der Waals surface area contributed by atoms with Gasteiger partial charge in [0.05, 0.1) is 10.9 Å². The summed E-state index contributed by atoms with van der Waals surface area (Å²) in [5, 5.41) is 1.96. The molecule has 92 valence electrons. The first-order valence-electron chi connectivity index (χ1n) is 6.36. The Labute approximate surface area is 106 Å². The highest BCUT2D eigenvalue weighted by molar-refractivity contribution is 6.06. The lowest BCUT2D eigenvalue weighted by Gasteiger charge is -2.00. The number of anilines is 1. The quantitative estimate of drug-likeness (QED) is 0.755. The number of aromatic nitrogens is 1. The Kier molecular flexibility index (Phi) is 2.67. The Balaban J connectivity index is 2.24. The van der Waals surface area contributed by atoms with Crippen LogP contribution in [0.3, 0.4) is 0 Å². The molecule has 3 rings (SSSR count). The molecule has 0 bridgehead atoms. The highest BCUT2D eigenvalue weighted by Crippen LogP contribution is 2.31. The first-order chi connectivity index (χ1) is 8.79. The summed E-state index contributed by atoms with van der Waals surface area (Å²) >= 11 is 0. The Morgan fingerprint density at radius 1 is 1.22 bits per heavy atom. The van der Waals surface area contributed by atoms with Crippen LogP contribution in [0.2, 0.25) is 0 Å². The lowest BCUT2D eigenvalue weighted by Crippen LogP contribution is -1.91. The van der Waals surface area contributed by atoms with Gasteiger partial charge in [0, 0.05) is 11.8 Å². The van der Waals surface area contributed by atoms with E-state index in [1.54, 1.807) is 0 Å². The molecule has 0 saturated carbocycles. The minimum absolute atomic E-state index is 0.551. The molecule has 18 heavy (non-hydrogen) atoms. The van der Waals surface area contributed by atoms with Crippen LogP contribution in [0.5, 0.6) is 0 Å². The Morgan fingerprint density at radius 3 is 2.89 bits per heavy atom. The minimum atomic E-state index is 0.551. The smallest absolute Gasteiger partial charge is 0.147 e. The minimum Gasteiger partial charge on any atom is -0.460 e. The van der Waals surface area contributed by atoms with Crippen LogP contribution in [0.1, 0.15) is 25.5 Å². The van der Waals surface area contributed by atoms with E-state index in [0.717, 1.165) is 46.9 Å². The molecule has 0 fully saturated rings. The predicted octanol–water partition coefficient (Wildman–Crippen LogP) is 3.91. The molecule has 0 saturated heterocycles. The van der Waals surface area contributed by atoms with Gasteiger partial charge in [-0.2, -0.15) is 0 Å². The van der Waals surface area contributed by atoms with Gasteiger partial charge in [0.15, 0.2) is 0 Å². The van der Waals surface area contributed by atoms with Crippen molar-refractivity contribution in [3.05, 3.63) is 36.1 Å². The molecule has 1 aromatic carbocycles. The molecule has 0 unspecified atom stereocenters. The van der Waals surface area contributed by atoms with Crippen LogP contribution in [-0.4, -0.2) is 4.98 Å². The van der Waals surface area contributed by atoms with Gasteiger partial charge in [0.2, 0.25) is 0 Å². The zero-order valence-electron chi connectivity index (χ0n) is 10.4. The second-order valence-electron chi connectivity index (χ2n) is 4.57. The number of aryl methyl sites for hydroxylation is 1. The van der Waals surface area contributed by atoms with Crippen molar-refractivity contribution >= 4 is 27.7 Å². The Bertz CT molecular complexity index is 700. The van der Waals surface area contributed by atoms with E-state index in [1.807, 2.05) is 30.3 Å². The summed E-state index contributed by atoms with van der Waals surface area (Å²) in [5.74, 6) is 1.55. The average molecular weight is 240 g/mol. The van der Waals surface area contributed by atoms with E-state index in [1.165, 1.54) is 0 Å². The van der Waals surface area contributed by atoms with E-state index in [4.69, 9.17) is 10.2 Å². The molecule has 3 heteroatoms. The topological polar surface area (TPSA) is 52.0 Å². The number of unbranched alkanes of at least 4 members (excludes halogenated alkanes) is 1. The van der Waals surface area contributed by atoms with Gasteiger partial charge in [-0.15, -0.1) is 0 Å². The monoisotopic (exact) mass is 240 g/mol. The van der Waals surface area contributed by atoms with Gasteiger partial charge in [-0.05, 0) is 24.6 Å². The number of nitrogens with two attached hydrogens (primary N) is 1. The normalized spacial score (nSPS) is 11.4. The van der Waals surface area contributed by atoms with Gasteiger partial charge in [-0.25, -0.2) is 4.98 Å². The fourth-order valence-electron chi connectivity index (χ4n) is 2.26. The molecule has 3 nitrogen and oxygen atoms in total. The van der Waals surface area contributed by atoms with E-state index < -0.39 is 0 Å². The van der Waals surface area contributed by atoms with Crippen molar-refractivity contribution in [3.8, 4) is 0 Å². The van der Waals surface area contributed by atoms with E-state index in [-0.39, 0.29) is 0 Å². The maximum absolute atomic E-state index is 5.99. The molecule has 0 aliphatic carbocycles. The zero-order chi connectivity index (χ0) is 12.5. The van der Waals surface area contributed by atoms with Gasteiger partial charge < -0.3 is 10.2 Å². The first-order valence-corrected chi connectivity index (χ1v) is 6.36. The van der Waals surface area contributed by atoms with Gasteiger partial charge in [-0.3, -0.25) is 0 Å². The number of rotatable bonds is 3. The van der Waals surface area contributed by atoms with Crippen molar-refractivity contribution in [2.75, 3.05) is 5.73 Å². The van der Waals surface area contributed by atoms with Gasteiger partial charge in [-0.1, -0.05) is 25.5 Å². The number of nitrogen functional groups attached to an aromatic ring is 1. The van der Waals surface area contributed by atoms with Crippen LogP contribution in [0.25, 0.3) is 21.9 Å². The van der Waals surface area contributed by atoms with Crippen LogP contribution < -0.4 is 5.73 Å². The van der Waals surface area contributed by atoms with Crippen LogP contribution >= 0.6 is 0 Å². The van der Waals surface area contributed by atoms with Crippen molar-refractivity contribution in [2.24, 2.45) is 0 Å². The van der Waals surface area contributed by atoms with Crippen molar-refractivity contribution < 1.29 is 4.42 Å². The van der Waals surface area contributed by atoms with Gasteiger partial charge in [0.25, 0.3) is 0 Å². The van der Waals surface area contributed by atoms with Crippen LogP contribution in [0.15, 0.2) is 34.7 Å². The maximum Gasteiger partial charge on any atom is 0.147 e. The van der Waals surface area contributed by atoms with E-state index in [0.29, 0.717) is 5.82 Å². The van der Waals surface area contributed by atoms with Gasteiger partial charge in [0.1, 0.15) is 17.2 Å². The molecule has 0 atom stereocenters. The third kappa shape index (κ3) is 1.72. The number of nitrogens with zero attached hydrogens (tertiary/aromatic N) is 1. The summed E-state index contributed by atoms with van der Waals surface area (Å²) in [7, 11) is 0. The number of hydrogen-bond donors (Lipinski definition) is 1. The number of para-hydroxylation sites is 1. The number of hydrogen-bond acceptors (Lipinski definition) is 3. The van der Waals surface area contributed by atoms with Crippen molar-refractivity contribution in [1.29, 1.82) is 0 Å². The maximum atomic E-state index is 5.99. The summed E-state index contributed by atoms with van der Waals surface area (Å²) in [5.41, 5.74) is 7.75. The molecular weight excluding hydrogens is 224 g/mol. The molecule has 0 aliphatic rings. The predicted molar refractivity (Wildman–Crippen MR) is 74.5 cm³/mol. The average Bonchev–Trinajstić information content (AvgIpc) is 2.81. The molecule has 2 heterocycles. The second-order valence-corrected chi connectivity index (χ2v) is 4.57. The first kappa shape index (κ1) is 11.1. The molecule has 0 aliphatic heterocycles.